The van der Waals surface area contributed by atoms with E-state index in [1.807, 2.05) is 0 Å². The zero-order chi connectivity index (χ0) is 8.97. The fourth-order valence-electron chi connectivity index (χ4n) is 1.57. The van der Waals surface area contributed by atoms with Gasteiger partial charge in [0.15, 0.2) is 0 Å². The van der Waals surface area contributed by atoms with E-state index in [1.165, 1.54) is 0 Å². The molecule has 0 saturated heterocycles. The Morgan fingerprint density at radius 3 is 2.92 bits per heavy atom. The van der Waals surface area contributed by atoms with Crippen LogP contribution in [0.25, 0.3) is 0 Å². The summed E-state index contributed by atoms with van der Waals surface area (Å²) in [5.74, 6) is -0.428. The predicted molar refractivity (Wildman–Crippen MR) is 46.7 cm³/mol. The lowest BCUT2D eigenvalue weighted by Gasteiger charge is -2.23. The second kappa shape index (κ2) is 4.26. The average Bonchev–Trinajstić information content (AvgIpc) is 2.05. The molecule has 0 aromatic heterocycles. The molecule has 0 bridgehead atoms. The second-order valence-corrected chi connectivity index (χ2v) is 3.31. The van der Waals surface area contributed by atoms with Crippen molar-refractivity contribution in [2.75, 3.05) is 0 Å². The first kappa shape index (κ1) is 9.26. The minimum absolute atomic E-state index is 0.0957. The van der Waals surface area contributed by atoms with E-state index in [2.05, 4.69) is 12.2 Å². The van der Waals surface area contributed by atoms with Crippen molar-refractivity contribution in [3.05, 3.63) is 12.2 Å². The SMILES string of the molecule is N[C@@H](CC(=O)O)[C@@H]1CC=CCC1. The van der Waals surface area contributed by atoms with E-state index in [4.69, 9.17) is 10.8 Å². The summed E-state index contributed by atoms with van der Waals surface area (Å²) >= 11 is 0. The lowest BCUT2D eigenvalue weighted by molar-refractivity contribution is -0.137. The molecule has 2 atom stereocenters. The van der Waals surface area contributed by atoms with Gasteiger partial charge < -0.3 is 10.8 Å². The monoisotopic (exact) mass is 169 g/mol. The van der Waals surface area contributed by atoms with E-state index in [1.54, 1.807) is 0 Å². The molecule has 12 heavy (non-hydrogen) atoms. The van der Waals surface area contributed by atoms with Crippen LogP contribution in [0.4, 0.5) is 0 Å². The largest absolute Gasteiger partial charge is 0.481 e. The minimum atomic E-state index is -0.794. The zero-order valence-electron chi connectivity index (χ0n) is 7.07. The van der Waals surface area contributed by atoms with Crippen LogP contribution in [0.15, 0.2) is 12.2 Å². The van der Waals surface area contributed by atoms with Gasteiger partial charge in [-0.2, -0.15) is 0 Å². The molecule has 0 amide bonds. The molecular weight excluding hydrogens is 154 g/mol. The molecule has 1 aliphatic carbocycles. The Morgan fingerprint density at radius 2 is 2.42 bits per heavy atom. The molecule has 0 radical (unpaired) electrons. The van der Waals surface area contributed by atoms with Crippen molar-refractivity contribution in [3.63, 3.8) is 0 Å². The molecule has 3 heteroatoms. The maximum atomic E-state index is 10.4. The van der Waals surface area contributed by atoms with Crippen LogP contribution < -0.4 is 5.73 Å². The summed E-state index contributed by atoms with van der Waals surface area (Å²) in [5.41, 5.74) is 5.73. The molecule has 0 fully saturated rings. The lowest BCUT2D eigenvalue weighted by atomic mass is 9.87. The van der Waals surface area contributed by atoms with Gasteiger partial charge in [-0.1, -0.05) is 12.2 Å². The average molecular weight is 169 g/mol. The predicted octanol–water partition coefficient (Wildman–Crippen LogP) is 1.14. The van der Waals surface area contributed by atoms with Crippen LogP contribution in [-0.4, -0.2) is 17.1 Å². The second-order valence-electron chi connectivity index (χ2n) is 3.31. The number of nitrogens with two attached hydrogens (primary N) is 1. The fraction of sp³-hybridized carbons (Fsp3) is 0.667. The Morgan fingerprint density at radius 1 is 1.67 bits per heavy atom. The zero-order valence-corrected chi connectivity index (χ0v) is 7.07. The number of allylic oxidation sites excluding steroid dienone is 2. The third-order valence-corrected chi connectivity index (χ3v) is 2.33. The van der Waals surface area contributed by atoms with Gasteiger partial charge >= 0.3 is 5.97 Å². The van der Waals surface area contributed by atoms with E-state index >= 15 is 0 Å². The van der Waals surface area contributed by atoms with Gasteiger partial charge in [-0.3, -0.25) is 4.79 Å². The lowest BCUT2D eigenvalue weighted by Crippen LogP contribution is -2.32. The third kappa shape index (κ3) is 2.66. The highest BCUT2D eigenvalue weighted by Crippen LogP contribution is 2.21. The van der Waals surface area contributed by atoms with Crippen molar-refractivity contribution in [3.8, 4) is 0 Å². The molecule has 0 aromatic rings. The Labute approximate surface area is 72.3 Å². The molecule has 0 aromatic carbocycles. The van der Waals surface area contributed by atoms with Crippen LogP contribution in [0.3, 0.4) is 0 Å². The molecule has 0 unspecified atom stereocenters. The van der Waals surface area contributed by atoms with E-state index in [9.17, 15) is 4.79 Å². The van der Waals surface area contributed by atoms with E-state index in [0.717, 1.165) is 19.3 Å². The number of rotatable bonds is 3. The van der Waals surface area contributed by atoms with Crippen LogP contribution in [-0.2, 0) is 4.79 Å². The molecule has 0 spiro atoms. The van der Waals surface area contributed by atoms with Crippen molar-refractivity contribution in [1.82, 2.24) is 0 Å². The number of aliphatic carboxylic acids is 1. The van der Waals surface area contributed by atoms with Crippen molar-refractivity contribution < 1.29 is 9.90 Å². The third-order valence-electron chi connectivity index (χ3n) is 2.33. The Bertz CT molecular complexity index is 189. The van der Waals surface area contributed by atoms with Gasteiger partial charge in [0.2, 0.25) is 0 Å². The van der Waals surface area contributed by atoms with Crippen molar-refractivity contribution in [1.29, 1.82) is 0 Å². The first-order chi connectivity index (χ1) is 5.70. The highest BCUT2D eigenvalue weighted by atomic mass is 16.4. The number of hydrogen-bond acceptors (Lipinski definition) is 2. The number of hydrogen-bond donors (Lipinski definition) is 2. The van der Waals surface area contributed by atoms with E-state index in [0.29, 0.717) is 5.92 Å². The van der Waals surface area contributed by atoms with Gasteiger partial charge in [0, 0.05) is 6.04 Å². The first-order valence-electron chi connectivity index (χ1n) is 4.32. The number of carbonyl (C=O) groups is 1. The van der Waals surface area contributed by atoms with Crippen molar-refractivity contribution >= 4 is 5.97 Å². The molecule has 1 rings (SSSR count). The summed E-state index contributed by atoms with van der Waals surface area (Å²) in [6.45, 7) is 0. The Balaban J connectivity index is 2.35. The molecule has 0 heterocycles. The Kier molecular flexibility index (Phi) is 3.29. The summed E-state index contributed by atoms with van der Waals surface area (Å²) in [4.78, 5) is 10.4. The van der Waals surface area contributed by atoms with Gasteiger partial charge in [0.1, 0.15) is 0 Å². The highest BCUT2D eigenvalue weighted by Gasteiger charge is 2.20. The minimum Gasteiger partial charge on any atom is -0.481 e. The molecular formula is C9H15NO2. The van der Waals surface area contributed by atoms with Crippen LogP contribution >= 0.6 is 0 Å². The van der Waals surface area contributed by atoms with Gasteiger partial charge in [-0.05, 0) is 25.2 Å². The molecule has 68 valence electrons. The van der Waals surface area contributed by atoms with E-state index in [-0.39, 0.29) is 12.5 Å². The first-order valence-corrected chi connectivity index (χ1v) is 4.32. The normalized spacial score (nSPS) is 25.2. The molecule has 0 saturated carbocycles. The highest BCUT2D eigenvalue weighted by molar-refractivity contribution is 5.67. The fourth-order valence-corrected chi connectivity index (χ4v) is 1.57. The smallest absolute Gasteiger partial charge is 0.304 e. The molecule has 0 aliphatic heterocycles. The summed E-state index contributed by atoms with van der Waals surface area (Å²) in [7, 11) is 0. The Hall–Kier alpha value is -0.830. The summed E-state index contributed by atoms with van der Waals surface area (Å²) < 4.78 is 0. The van der Waals surface area contributed by atoms with Crippen LogP contribution in [0.1, 0.15) is 25.7 Å². The maximum Gasteiger partial charge on any atom is 0.304 e. The summed E-state index contributed by atoms with van der Waals surface area (Å²) in [5, 5.41) is 8.52. The molecule has 3 N–H and O–H groups in total. The number of carboxylic acid groups (broad SMARTS) is 1. The van der Waals surface area contributed by atoms with Crippen LogP contribution in [0.2, 0.25) is 0 Å². The quantitative estimate of drug-likeness (QED) is 0.623. The van der Waals surface area contributed by atoms with Crippen LogP contribution in [0, 0.1) is 5.92 Å². The maximum absolute atomic E-state index is 10.4. The van der Waals surface area contributed by atoms with Crippen molar-refractivity contribution in [2.24, 2.45) is 11.7 Å². The molecule has 3 nitrogen and oxygen atoms in total. The number of carboxylic acids is 1. The van der Waals surface area contributed by atoms with Crippen LogP contribution in [0.5, 0.6) is 0 Å². The standard InChI is InChI=1S/C9H15NO2/c10-8(6-9(11)12)7-4-2-1-3-5-7/h1-2,7-8H,3-6,10H2,(H,11,12)/t7-,8+/m1/s1. The van der Waals surface area contributed by atoms with Gasteiger partial charge in [-0.15, -0.1) is 0 Å². The van der Waals surface area contributed by atoms with Gasteiger partial charge in [-0.25, -0.2) is 0 Å². The van der Waals surface area contributed by atoms with E-state index < -0.39 is 5.97 Å². The van der Waals surface area contributed by atoms with Gasteiger partial charge in [0.05, 0.1) is 6.42 Å². The topological polar surface area (TPSA) is 63.3 Å². The van der Waals surface area contributed by atoms with Gasteiger partial charge in [0.25, 0.3) is 0 Å². The van der Waals surface area contributed by atoms with Crippen molar-refractivity contribution in [2.45, 2.75) is 31.7 Å². The summed E-state index contributed by atoms with van der Waals surface area (Å²) in [6, 6.07) is -0.174. The molecule has 1 aliphatic rings. The summed E-state index contributed by atoms with van der Waals surface area (Å²) in [6.07, 6.45) is 7.33.